The first-order chi connectivity index (χ1) is 10.8. The van der Waals surface area contributed by atoms with Crippen LogP contribution < -0.4 is 0 Å². The van der Waals surface area contributed by atoms with Gasteiger partial charge < -0.3 is 0 Å². The summed E-state index contributed by atoms with van der Waals surface area (Å²) in [6.45, 7) is 1.10. The molecule has 4 rings (SSSR count). The van der Waals surface area contributed by atoms with Crippen LogP contribution in [0.2, 0.25) is 0 Å². The average molecular weight is 336 g/mol. The van der Waals surface area contributed by atoms with E-state index in [-0.39, 0.29) is 5.91 Å². The van der Waals surface area contributed by atoms with Gasteiger partial charge in [-0.25, -0.2) is 0 Å². The summed E-state index contributed by atoms with van der Waals surface area (Å²) < 4.78 is 27.8. The summed E-state index contributed by atoms with van der Waals surface area (Å²) >= 11 is 0. The van der Waals surface area contributed by atoms with Gasteiger partial charge in [-0.1, -0.05) is 18.2 Å². The second kappa shape index (κ2) is 5.74. The van der Waals surface area contributed by atoms with E-state index in [1.165, 1.54) is 16.6 Å². The van der Waals surface area contributed by atoms with Crippen LogP contribution >= 0.6 is 0 Å². The Hall–Kier alpha value is -1.70. The zero-order valence-electron chi connectivity index (χ0n) is 13.2. The summed E-state index contributed by atoms with van der Waals surface area (Å²) in [7, 11) is -1.49. The van der Waals surface area contributed by atoms with E-state index >= 15 is 0 Å². The summed E-state index contributed by atoms with van der Waals surface area (Å²) in [6, 6.07) is 8.76. The van der Waals surface area contributed by atoms with Gasteiger partial charge in [-0.15, -0.1) is 0 Å². The molecule has 1 aromatic heterocycles. The van der Waals surface area contributed by atoms with Gasteiger partial charge in [0.1, 0.15) is 0 Å². The summed E-state index contributed by atoms with van der Waals surface area (Å²) in [5.74, 6) is 0.263. The molecule has 0 amide bonds. The van der Waals surface area contributed by atoms with Crippen molar-refractivity contribution in [2.45, 2.75) is 25.3 Å². The lowest BCUT2D eigenvalue weighted by Crippen LogP contribution is -2.37. The number of hydrogen-bond donors (Lipinski definition) is 1. The van der Waals surface area contributed by atoms with Gasteiger partial charge >= 0.3 is 0 Å². The van der Waals surface area contributed by atoms with Crippen molar-refractivity contribution in [3.8, 4) is 0 Å². The van der Waals surface area contributed by atoms with Gasteiger partial charge in [0.05, 0.1) is 17.8 Å². The van der Waals surface area contributed by atoms with Gasteiger partial charge in [0.15, 0.2) is 0 Å². The molecule has 7 heteroatoms. The van der Waals surface area contributed by atoms with Crippen molar-refractivity contribution in [1.82, 2.24) is 9.47 Å². The number of nitrogens with zero attached hydrogens (tertiary/aromatic N) is 2. The maximum Gasteiger partial charge on any atom is 0.261 e. The third kappa shape index (κ3) is 3.04. The minimum absolute atomic E-state index is 0.263. The summed E-state index contributed by atoms with van der Waals surface area (Å²) in [5.41, 5.74) is 3.77. The average Bonchev–Trinajstić information content (AvgIpc) is 2.79. The Morgan fingerprint density at radius 3 is 2.57 bits per heavy atom. The lowest BCUT2D eigenvalue weighted by molar-refractivity contribution is 0.0833. The van der Waals surface area contributed by atoms with Crippen molar-refractivity contribution in [2.75, 3.05) is 19.8 Å². The smallest absolute Gasteiger partial charge is 0.261 e. The Morgan fingerprint density at radius 2 is 1.87 bits per heavy atom. The van der Waals surface area contributed by atoms with Crippen LogP contribution in [0.25, 0.3) is 10.9 Å². The Balaban J connectivity index is 0.000000276. The largest absolute Gasteiger partial charge is 0.298 e. The number of likely N-dealkylation sites (N-methyl/N-ethyl adjacent to an activating group) is 1. The molecule has 0 spiro atoms. The standard InChI is InChI=1S/C15H16N2O.CH4O3S/c1-16-9-8-11-10-4-2-3-5-12(10)17-14(18)7-6-13(16)15(11)17;1-5(2,3)4/h2-5,13H,6-9H2,1H3;1H3,(H,2,3,4). The first-order valence-corrected chi connectivity index (χ1v) is 9.40. The number of para-hydroxylation sites is 1. The molecule has 0 fully saturated rings. The van der Waals surface area contributed by atoms with Gasteiger partial charge in [-0.2, -0.15) is 8.42 Å². The highest BCUT2D eigenvalue weighted by Gasteiger charge is 2.35. The summed E-state index contributed by atoms with van der Waals surface area (Å²) in [4.78, 5) is 14.6. The highest BCUT2D eigenvalue weighted by Crippen LogP contribution is 2.41. The van der Waals surface area contributed by atoms with E-state index in [1.54, 1.807) is 0 Å². The fourth-order valence-corrected chi connectivity index (χ4v) is 3.59. The topological polar surface area (TPSA) is 79.6 Å². The predicted molar refractivity (Wildman–Crippen MR) is 88.3 cm³/mol. The summed E-state index contributed by atoms with van der Waals surface area (Å²) in [5, 5.41) is 1.28. The van der Waals surface area contributed by atoms with Crippen molar-refractivity contribution < 1.29 is 17.8 Å². The van der Waals surface area contributed by atoms with Crippen LogP contribution in [0.4, 0.5) is 0 Å². The van der Waals surface area contributed by atoms with Crippen molar-refractivity contribution in [2.24, 2.45) is 0 Å². The van der Waals surface area contributed by atoms with E-state index in [0.29, 0.717) is 18.7 Å². The third-order valence-electron chi connectivity index (χ3n) is 4.46. The van der Waals surface area contributed by atoms with Crippen molar-refractivity contribution in [3.63, 3.8) is 0 Å². The normalized spacial score (nSPS) is 20.8. The molecule has 0 bridgehead atoms. The van der Waals surface area contributed by atoms with Gasteiger partial charge in [0.25, 0.3) is 10.1 Å². The number of aromatic nitrogens is 1. The monoisotopic (exact) mass is 336 g/mol. The van der Waals surface area contributed by atoms with E-state index in [1.807, 2.05) is 10.6 Å². The van der Waals surface area contributed by atoms with Crippen LogP contribution in [0.15, 0.2) is 24.3 Å². The van der Waals surface area contributed by atoms with Crippen LogP contribution in [0.1, 0.15) is 34.9 Å². The van der Waals surface area contributed by atoms with Crippen LogP contribution in [-0.4, -0.2) is 48.2 Å². The molecule has 0 aliphatic carbocycles. The lowest BCUT2D eigenvalue weighted by Gasteiger charge is -2.36. The lowest BCUT2D eigenvalue weighted by atomic mass is 9.93. The van der Waals surface area contributed by atoms with E-state index in [0.717, 1.165) is 24.9 Å². The Labute approximate surface area is 135 Å². The molecule has 1 aromatic carbocycles. The molecule has 0 saturated carbocycles. The first kappa shape index (κ1) is 16.2. The number of carbonyl (C=O) groups is 1. The number of rotatable bonds is 0. The van der Waals surface area contributed by atoms with Crippen molar-refractivity contribution >= 4 is 26.9 Å². The van der Waals surface area contributed by atoms with Gasteiger partial charge in [0.2, 0.25) is 5.91 Å². The van der Waals surface area contributed by atoms with Gasteiger partial charge in [0, 0.05) is 24.0 Å². The van der Waals surface area contributed by atoms with Crippen LogP contribution in [0, 0.1) is 0 Å². The highest BCUT2D eigenvalue weighted by molar-refractivity contribution is 7.85. The van der Waals surface area contributed by atoms with Crippen molar-refractivity contribution in [3.05, 3.63) is 35.5 Å². The molecule has 0 radical (unpaired) electrons. The molecule has 1 unspecified atom stereocenters. The quantitative estimate of drug-likeness (QED) is 0.745. The van der Waals surface area contributed by atoms with Crippen LogP contribution in [0.3, 0.4) is 0 Å². The molecule has 0 saturated heterocycles. The fourth-order valence-electron chi connectivity index (χ4n) is 3.59. The molecule has 1 N–H and O–H groups in total. The molecule has 23 heavy (non-hydrogen) atoms. The molecule has 1 atom stereocenters. The maximum absolute atomic E-state index is 12.2. The number of benzene rings is 1. The minimum Gasteiger partial charge on any atom is -0.298 e. The molecule has 6 nitrogen and oxygen atoms in total. The second-order valence-electron chi connectivity index (χ2n) is 6.13. The minimum atomic E-state index is -3.67. The molecule has 2 aromatic rings. The predicted octanol–water partition coefficient (Wildman–Crippen LogP) is 2.11. The Morgan fingerprint density at radius 1 is 1.22 bits per heavy atom. The van der Waals surface area contributed by atoms with E-state index in [9.17, 15) is 13.2 Å². The van der Waals surface area contributed by atoms with Crippen molar-refractivity contribution in [1.29, 1.82) is 0 Å². The fraction of sp³-hybridized carbons (Fsp3) is 0.438. The molecular weight excluding hydrogens is 316 g/mol. The number of hydrogen-bond acceptors (Lipinski definition) is 4. The zero-order chi connectivity index (χ0) is 16.8. The van der Waals surface area contributed by atoms with Crippen LogP contribution in [0.5, 0.6) is 0 Å². The molecular formula is C16H20N2O4S. The SMILES string of the molecule is CN1CCc2c3n(c4ccccc24)C(=O)CCC31.CS(=O)(=O)O. The molecule has 2 aliphatic rings. The second-order valence-corrected chi connectivity index (χ2v) is 7.59. The summed E-state index contributed by atoms with van der Waals surface area (Å²) in [6.07, 6.45) is 3.41. The molecule has 3 heterocycles. The van der Waals surface area contributed by atoms with E-state index < -0.39 is 10.1 Å². The first-order valence-electron chi connectivity index (χ1n) is 7.55. The number of fused-ring (bicyclic) bond motifs is 3. The van der Waals surface area contributed by atoms with Gasteiger partial charge in [-0.3, -0.25) is 18.8 Å². The van der Waals surface area contributed by atoms with Gasteiger partial charge in [-0.05, 0) is 31.5 Å². The highest BCUT2D eigenvalue weighted by atomic mass is 32.2. The zero-order valence-corrected chi connectivity index (χ0v) is 14.0. The van der Waals surface area contributed by atoms with E-state index in [4.69, 9.17) is 4.55 Å². The Bertz CT molecular complexity index is 862. The maximum atomic E-state index is 12.2. The molecule has 2 aliphatic heterocycles. The molecule has 124 valence electrons. The van der Waals surface area contributed by atoms with Crippen LogP contribution in [-0.2, 0) is 16.5 Å². The Kier molecular flexibility index (Phi) is 4.03. The number of carbonyl (C=O) groups excluding carboxylic acids is 1. The third-order valence-corrected chi connectivity index (χ3v) is 4.46. The van der Waals surface area contributed by atoms with E-state index in [2.05, 4.69) is 30.1 Å².